The number of rotatable bonds is 2. The van der Waals surface area contributed by atoms with Gasteiger partial charge in [-0.05, 0) is 50.5 Å². The SMILES string of the molecule is CN1CCC(CN2Cc3cc(Cl)c4c(Cl)c[nH]c4c3NS2)CC1. The Morgan fingerprint density at radius 2 is 2.04 bits per heavy atom. The van der Waals surface area contributed by atoms with E-state index >= 15 is 0 Å². The lowest BCUT2D eigenvalue weighted by Gasteiger charge is -2.34. The van der Waals surface area contributed by atoms with Gasteiger partial charge in [-0.1, -0.05) is 23.2 Å². The number of nitrogens with zero attached hydrogens (tertiary/aromatic N) is 2. The van der Waals surface area contributed by atoms with Crippen molar-refractivity contribution < 1.29 is 0 Å². The molecule has 0 unspecified atom stereocenters. The third-order valence-electron chi connectivity index (χ3n) is 4.87. The monoisotopic (exact) mass is 370 g/mol. The molecule has 4 nitrogen and oxygen atoms in total. The minimum atomic E-state index is 0.674. The van der Waals surface area contributed by atoms with E-state index in [0.29, 0.717) is 5.02 Å². The summed E-state index contributed by atoms with van der Waals surface area (Å²) in [6.45, 7) is 4.44. The van der Waals surface area contributed by atoms with Gasteiger partial charge in [-0.2, -0.15) is 0 Å². The molecule has 2 aliphatic rings. The topological polar surface area (TPSA) is 34.3 Å². The number of aromatic amines is 1. The fraction of sp³-hybridized carbons (Fsp3) is 0.500. The molecule has 1 aromatic carbocycles. The molecule has 0 amide bonds. The highest BCUT2D eigenvalue weighted by molar-refractivity contribution is 7.98. The maximum atomic E-state index is 6.43. The number of H-pyrrole nitrogens is 1. The van der Waals surface area contributed by atoms with Crippen LogP contribution < -0.4 is 4.72 Å². The van der Waals surface area contributed by atoms with Crippen LogP contribution >= 0.6 is 35.3 Å². The molecule has 2 aromatic rings. The second-order valence-electron chi connectivity index (χ2n) is 6.54. The number of hydrogen-bond acceptors (Lipinski definition) is 4. The van der Waals surface area contributed by atoms with Crippen molar-refractivity contribution in [3.05, 3.63) is 27.9 Å². The Morgan fingerprint density at radius 1 is 1.26 bits per heavy atom. The van der Waals surface area contributed by atoms with Gasteiger partial charge in [-0.25, -0.2) is 4.31 Å². The van der Waals surface area contributed by atoms with Crippen molar-refractivity contribution in [3.8, 4) is 0 Å². The smallest absolute Gasteiger partial charge is 0.0742 e. The zero-order valence-electron chi connectivity index (χ0n) is 13.0. The van der Waals surface area contributed by atoms with Gasteiger partial charge in [0.1, 0.15) is 0 Å². The second kappa shape index (κ2) is 6.37. The molecule has 1 aromatic heterocycles. The minimum Gasteiger partial charge on any atom is -0.358 e. The molecular weight excluding hydrogens is 351 g/mol. The summed E-state index contributed by atoms with van der Waals surface area (Å²) in [7, 11) is 2.21. The van der Waals surface area contributed by atoms with Gasteiger partial charge in [-0.3, -0.25) is 0 Å². The van der Waals surface area contributed by atoms with Gasteiger partial charge in [0.05, 0.1) is 21.2 Å². The first-order valence-electron chi connectivity index (χ1n) is 7.96. The zero-order valence-corrected chi connectivity index (χ0v) is 15.4. The molecule has 0 spiro atoms. The molecule has 4 rings (SSSR count). The van der Waals surface area contributed by atoms with Crippen molar-refractivity contribution in [2.75, 3.05) is 31.4 Å². The average molecular weight is 371 g/mol. The quantitative estimate of drug-likeness (QED) is 0.756. The lowest BCUT2D eigenvalue weighted by molar-refractivity contribution is 0.198. The van der Waals surface area contributed by atoms with Gasteiger partial charge in [0, 0.05) is 36.8 Å². The van der Waals surface area contributed by atoms with Crippen LogP contribution in [0.3, 0.4) is 0 Å². The van der Waals surface area contributed by atoms with E-state index in [0.717, 1.165) is 40.6 Å². The van der Waals surface area contributed by atoms with Gasteiger partial charge < -0.3 is 14.6 Å². The first-order chi connectivity index (χ1) is 11.1. The van der Waals surface area contributed by atoms with Gasteiger partial charge in [-0.15, -0.1) is 0 Å². The molecule has 1 fully saturated rings. The van der Waals surface area contributed by atoms with Crippen LogP contribution in [0.4, 0.5) is 5.69 Å². The van der Waals surface area contributed by atoms with Crippen molar-refractivity contribution >= 4 is 51.9 Å². The number of likely N-dealkylation sites (tertiary alicyclic amines) is 1. The van der Waals surface area contributed by atoms with Crippen LogP contribution in [-0.2, 0) is 6.54 Å². The number of fused-ring (bicyclic) bond motifs is 3. The van der Waals surface area contributed by atoms with Crippen LogP contribution in [0.25, 0.3) is 10.9 Å². The summed E-state index contributed by atoms with van der Waals surface area (Å²) < 4.78 is 5.89. The maximum absolute atomic E-state index is 6.43. The van der Waals surface area contributed by atoms with Crippen molar-refractivity contribution in [3.63, 3.8) is 0 Å². The normalized spacial score (nSPS) is 20.7. The molecule has 0 aliphatic carbocycles. The van der Waals surface area contributed by atoms with E-state index in [9.17, 15) is 0 Å². The Labute approximate surface area is 150 Å². The Bertz CT molecular complexity index is 724. The van der Waals surface area contributed by atoms with E-state index in [2.05, 4.69) is 26.0 Å². The molecule has 3 heterocycles. The molecule has 0 saturated carbocycles. The van der Waals surface area contributed by atoms with Gasteiger partial charge in [0.15, 0.2) is 0 Å². The van der Waals surface area contributed by atoms with Crippen LogP contribution in [0, 0.1) is 5.92 Å². The third kappa shape index (κ3) is 3.05. The predicted molar refractivity (Wildman–Crippen MR) is 100 cm³/mol. The molecule has 0 radical (unpaired) electrons. The van der Waals surface area contributed by atoms with Gasteiger partial charge in [0.2, 0.25) is 0 Å². The number of nitrogens with one attached hydrogen (secondary N) is 2. The standard InChI is InChI=1S/C16H20Cl2N4S/c1-21-4-2-10(3-5-21)8-22-9-11-6-12(17)14-13(18)7-19-16(14)15(11)20-23-22/h6-7,10,19-20H,2-5,8-9H2,1H3. The number of halogens is 2. The van der Waals surface area contributed by atoms with Crippen LogP contribution in [-0.4, -0.2) is 40.9 Å². The van der Waals surface area contributed by atoms with Crippen LogP contribution in [0.2, 0.25) is 10.0 Å². The largest absolute Gasteiger partial charge is 0.358 e. The summed E-state index contributed by atoms with van der Waals surface area (Å²) in [6.07, 6.45) is 4.37. The Balaban J connectivity index is 1.53. The van der Waals surface area contributed by atoms with Gasteiger partial charge in [0.25, 0.3) is 0 Å². The number of piperidine rings is 1. The van der Waals surface area contributed by atoms with E-state index < -0.39 is 0 Å². The van der Waals surface area contributed by atoms with E-state index in [1.54, 1.807) is 18.3 Å². The molecule has 2 aliphatic heterocycles. The summed E-state index contributed by atoms with van der Waals surface area (Å²) in [6, 6.07) is 2.05. The van der Waals surface area contributed by atoms with Gasteiger partial charge >= 0.3 is 0 Å². The first kappa shape index (κ1) is 15.9. The van der Waals surface area contributed by atoms with Crippen molar-refractivity contribution in [1.29, 1.82) is 0 Å². The average Bonchev–Trinajstić information content (AvgIpc) is 2.92. The number of anilines is 1. The molecule has 0 bridgehead atoms. The molecular formula is C16H20Cl2N4S. The minimum absolute atomic E-state index is 0.674. The maximum Gasteiger partial charge on any atom is 0.0742 e. The molecule has 23 heavy (non-hydrogen) atoms. The van der Waals surface area contributed by atoms with Crippen LogP contribution in [0.5, 0.6) is 0 Å². The summed E-state index contributed by atoms with van der Waals surface area (Å²) in [4.78, 5) is 5.66. The predicted octanol–water partition coefficient (Wildman–Crippen LogP) is 4.61. The molecule has 1 saturated heterocycles. The van der Waals surface area contributed by atoms with Crippen LogP contribution in [0.15, 0.2) is 12.3 Å². The number of aromatic nitrogens is 1. The highest BCUT2D eigenvalue weighted by Gasteiger charge is 2.25. The Morgan fingerprint density at radius 3 is 2.83 bits per heavy atom. The van der Waals surface area contributed by atoms with Crippen molar-refractivity contribution in [1.82, 2.24) is 14.2 Å². The fourth-order valence-electron chi connectivity index (χ4n) is 3.50. The highest BCUT2D eigenvalue weighted by atomic mass is 35.5. The second-order valence-corrected chi connectivity index (χ2v) is 8.26. The lowest BCUT2D eigenvalue weighted by atomic mass is 9.97. The number of hydrogen-bond donors (Lipinski definition) is 2. The van der Waals surface area contributed by atoms with Crippen molar-refractivity contribution in [2.24, 2.45) is 5.92 Å². The zero-order chi connectivity index (χ0) is 16.0. The molecule has 0 atom stereocenters. The summed E-state index contributed by atoms with van der Waals surface area (Å²) in [5.74, 6) is 0.779. The molecule has 2 N–H and O–H groups in total. The fourth-order valence-corrected chi connectivity index (χ4v) is 5.07. The number of benzene rings is 1. The summed E-state index contributed by atoms with van der Waals surface area (Å²) in [5, 5.41) is 2.30. The summed E-state index contributed by atoms with van der Waals surface area (Å²) in [5.41, 5.74) is 3.34. The van der Waals surface area contributed by atoms with Crippen LogP contribution in [0.1, 0.15) is 18.4 Å². The first-order valence-corrected chi connectivity index (χ1v) is 9.49. The lowest BCUT2D eigenvalue weighted by Crippen LogP contribution is -2.36. The highest BCUT2D eigenvalue weighted by Crippen LogP contribution is 2.41. The van der Waals surface area contributed by atoms with E-state index in [1.165, 1.54) is 31.5 Å². The van der Waals surface area contributed by atoms with E-state index in [4.69, 9.17) is 23.2 Å². The van der Waals surface area contributed by atoms with E-state index in [-0.39, 0.29) is 0 Å². The summed E-state index contributed by atoms with van der Waals surface area (Å²) >= 11 is 14.4. The third-order valence-corrected chi connectivity index (χ3v) is 6.29. The molecule has 124 valence electrons. The van der Waals surface area contributed by atoms with Crippen molar-refractivity contribution in [2.45, 2.75) is 19.4 Å². The molecule has 7 heteroatoms. The van der Waals surface area contributed by atoms with E-state index in [1.807, 2.05) is 6.07 Å². The Kier molecular flexibility index (Phi) is 4.41. The Hall–Kier alpha value is -0.590.